The molecule has 2 aromatic rings. The number of benzene rings is 1. The summed E-state index contributed by atoms with van der Waals surface area (Å²) in [6, 6.07) is 7.50. The van der Waals surface area contributed by atoms with Crippen molar-refractivity contribution in [1.82, 2.24) is 9.78 Å². The van der Waals surface area contributed by atoms with Crippen molar-refractivity contribution in [2.24, 2.45) is 0 Å². The first kappa shape index (κ1) is 12.3. The first-order valence-corrected chi connectivity index (χ1v) is 5.68. The summed E-state index contributed by atoms with van der Waals surface area (Å²) >= 11 is 0. The smallest absolute Gasteiger partial charge is 0.181 e. The molecule has 2 rings (SSSR count). The van der Waals surface area contributed by atoms with Gasteiger partial charge < -0.3 is 15.2 Å². The van der Waals surface area contributed by atoms with Crippen molar-refractivity contribution in [3.63, 3.8) is 0 Å². The quantitative estimate of drug-likeness (QED) is 0.899. The van der Waals surface area contributed by atoms with Crippen molar-refractivity contribution in [1.29, 1.82) is 0 Å². The van der Waals surface area contributed by atoms with Gasteiger partial charge in [0.25, 0.3) is 0 Å². The van der Waals surface area contributed by atoms with Gasteiger partial charge in [-0.1, -0.05) is 12.1 Å². The summed E-state index contributed by atoms with van der Waals surface area (Å²) in [5.74, 6) is 1.39. The molecule has 0 radical (unpaired) electrons. The van der Waals surface area contributed by atoms with Crippen molar-refractivity contribution in [3.05, 3.63) is 35.7 Å². The summed E-state index contributed by atoms with van der Waals surface area (Å²) in [7, 11) is 1.61. The molecule has 5 heteroatoms. The van der Waals surface area contributed by atoms with E-state index < -0.39 is 0 Å². The van der Waals surface area contributed by atoms with E-state index in [0.29, 0.717) is 23.9 Å². The van der Waals surface area contributed by atoms with Crippen molar-refractivity contribution in [2.45, 2.75) is 20.6 Å². The van der Waals surface area contributed by atoms with Crippen LogP contribution in [-0.2, 0) is 6.73 Å². The van der Waals surface area contributed by atoms with Crippen molar-refractivity contribution < 1.29 is 9.47 Å². The lowest BCUT2D eigenvalue weighted by Crippen LogP contribution is -2.09. The van der Waals surface area contributed by atoms with Crippen LogP contribution in [0.2, 0.25) is 0 Å². The minimum absolute atomic E-state index is 0.310. The van der Waals surface area contributed by atoms with Crippen molar-refractivity contribution >= 4 is 5.69 Å². The molecule has 0 fully saturated rings. The number of aryl methyl sites for hydroxylation is 1. The molecule has 0 aliphatic rings. The fraction of sp³-hybridized carbons (Fsp3) is 0.308. The third-order valence-electron chi connectivity index (χ3n) is 2.85. The van der Waals surface area contributed by atoms with E-state index in [1.807, 2.05) is 38.1 Å². The number of hydrogen-bond donors (Lipinski definition) is 1. The van der Waals surface area contributed by atoms with Crippen LogP contribution < -0.4 is 15.2 Å². The van der Waals surface area contributed by atoms with Gasteiger partial charge in [0.1, 0.15) is 0 Å². The Morgan fingerprint density at radius 1 is 1.22 bits per heavy atom. The van der Waals surface area contributed by atoms with E-state index >= 15 is 0 Å². The van der Waals surface area contributed by atoms with E-state index in [4.69, 9.17) is 15.2 Å². The highest BCUT2D eigenvalue weighted by molar-refractivity contribution is 5.46. The largest absolute Gasteiger partial charge is 0.493 e. The summed E-state index contributed by atoms with van der Waals surface area (Å²) in [4.78, 5) is 0. The highest BCUT2D eigenvalue weighted by Crippen LogP contribution is 2.26. The Morgan fingerprint density at radius 2 is 1.89 bits per heavy atom. The van der Waals surface area contributed by atoms with Gasteiger partial charge in [0, 0.05) is 0 Å². The molecular formula is C13H17N3O2. The summed E-state index contributed by atoms with van der Waals surface area (Å²) in [5.41, 5.74) is 8.29. The molecular weight excluding hydrogens is 230 g/mol. The number of ether oxygens (including phenoxy) is 2. The molecule has 18 heavy (non-hydrogen) atoms. The molecule has 0 atom stereocenters. The predicted molar refractivity (Wildman–Crippen MR) is 69.7 cm³/mol. The summed E-state index contributed by atoms with van der Waals surface area (Å²) < 4.78 is 12.6. The zero-order chi connectivity index (χ0) is 13.1. The van der Waals surface area contributed by atoms with Crippen LogP contribution in [0.15, 0.2) is 24.3 Å². The predicted octanol–water partition coefficient (Wildman–Crippen LogP) is 2.13. The maximum absolute atomic E-state index is 5.86. The van der Waals surface area contributed by atoms with E-state index in [0.717, 1.165) is 11.4 Å². The van der Waals surface area contributed by atoms with E-state index in [-0.39, 0.29) is 0 Å². The Balaban J connectivity index is 2.14. The molecule has 96 valence electrons. The average Bonchev–Trinajstić information content (AvgIpc) is 2.64. The zero-order valence-corrected chi connectivity index (χ0v) is 10.8. The third kappa shape index (κ3) is 2.25. The lowest BCUT2D eigenvalue weighted by atomic mass is 10.3. The highest BCUT2D eigenvalue weighted by Gasteiger charge is 2.09. The number of methoxy groups -OCH3 is 1. The van der Waals surface area contributed by atoms with Crippen LogP contribution in [0.1, 0.15) is 11.4 Å². The highest BCUT2D eigenvalue weighted by atomic mass is 16.5. The van der Waals surface area contributed by atoms with Gasteiger partial charge in [-0.2, -0.15) is 5.10 Å². The Morgan fingerprint density at radius 3 is 2.44 bits per heavy atom. The third-order valence-corrected chi connectivity index (χ3v) is 2.85. The van der Waals surface area contributed by atoms with Crippen LogP contribution in [0.3, 0.4) is 0 Å². The number of nitrogen functional groups attached to an aromatic ring is 1. The number of anilines is 1. The molecule has 0 saturated heterocycles. The molecule has 0 bridgehead atoms. The first-order valence-electron chi connectivity index (χ1n) is 5.68. The van der Waals surface area contributed by atoms with Gasteiger partial charge in [-0.3, -0.25) is 0 Å². The Labute approximate surface area is 106 Å². The van der Waals surface area contributed by atoms with Gasteiger partial charge in [-0.05, 0) is 26.0 Å². The number of nitrogens with two attached hydrogens (primary N) is 1. The number of para-hydroxylation sites is 2. The minimum atomic E-state index is 0.310. The van der Waals surface area contributed by atoms with Crippen LogP contribution >= 0.6 is 0 Å². The fourth-order valence-corrected chi connectivity index (χ4v) is 1.71. The van der Waals surface area contributed by atoms with Gasteiger partial charge >= 0.3 is 0 Å². The van der Waals surface area contributed by atoms with E-state index in [1.165, 1.54) is 0 Å². The van der Waals surface area contributed by atoms with Crippen molar-refractivity contribution in [2.75, 3.05) is 12.8 Å². The number of aromatic nitrogens is 2. The van der Waals surface area contributed by atoms with E-state index in [2.05, 4.69) is 5.10 Å². The second-order valence-corrected chi connectivity index (χ2v) is 4.01. The van der Waals surface area contributed by atoms with E-state index in [1.54, 1.807) is 11.8 Å². The number of nitrogens with zero attached hydrogens (tertiary/aromatic N) is 2. The molecule has 2 N–H and O–H groups in total. The maximum atomic E-state index is 5.86. The van der Waals surface area contributed by atoms with Crippen LogP contribution in [0.5, 0.6) is 11.5 Å². The molecule has 1 aromatic carbocycles. The van der Waals surface area contributed by atoms with Gasteiger partial charge in [0.05, 0.1) is 24.2 Å². The lowest BCUT2D eigenvalue weighted by molar-refractivity contribution is 0.208. The normalized spacial score (nSPS) is 10.4. The number of rotatable bonds is 4. The van der Waals surface area contributed by atoms with Gasteiger partial charge in [-0.15, -0.1) is 0 Å². The monoisotopic (exact) mass is 247 g/mol. The standard InChI is InChI=1S/C13H17N3O2/c1-9-13(14)10(2)16(15-9)8-18-12-7-5-4-6-11(12)17-3/h4-7H,8,14H2,1-3H3. The van der Waals surface area contributed by atoms with Crippen LogP contribution in [0, 0.1) is 13.8 Å². The molecule has 0 spiro atoms. The summed E-state index contributed by atoms with van der Waals surface area (Å²) in [6.45, 7) is 4.10. The lowest BCUT2D eigenvalue weighted by Gasteiger charge is -2.11. The first-order chi connectivity index (χ1) is 8.63. The van der Waals surface area contributed by atoms with Gasteiger partial charge in [-0.25, -0.2) is 4.68 Å². The number of hydrogen-bond acceptors (Lipinski definition) is 4. The van der Waals surface area contributed by atoms with Crippen LogP contribution in [-0.4, -0.2) is 16.9 Å². The summed E-state index contributed by atoms with van der Waals surface area (Å²) in [5, 5.41) is 4.31. The molecule has 1 aromatic heterocycles. The topological polar surface area (TPSA) is 62.3 Å². The molecule has 0 amide bonds. The summed E-state index contributed by atoms with van der Waals surface area (Å²) in [6.07, 6.45) is 0. The second-order valence-electron chi connectivity index (χ2n) is 4.01. The van der Waals surface area contributed by atoms with E-state index in [9.17, 15) is 0 Å². The second kappa shape index (κ2) is 5.00. The molecule has 0 aliphatic carbocycles. The zero-order valence-electron chi connectivity index (χ0n) is 10.8. The molecule has 0 unspecified atom stereocenters. The Kier molecular flexibility index (Phi) is 3.41. The molecule has 0 aliphatic heterocycles. The van der Waals surface area contributed by atoms with Crippen LogP contribution in [0.25, 0.3) is 0 Å². The van der Waals surface area contributed by atoms with Crippen molar-refractivity contribution in [3.8, 4) is 11.5 Å². The molecule has 5 nitrogen and oxygen atoms in total. The SMILES string of the molecule is COc1ccccc1OCn1nc(C)c(N)c1C. The Bertz CT molecular complexity index is 549. The molecule has 0 saturated carbocycles. The maximum Gasteiger partial charge on any atom is 0.181 e. The van der Waals surface area contributed by atoms with Gasteiger partial charge in [0.15, 0.2) is 18.2 Å². The fourth-order valence-electron chi connectivity index (χ4n) is 1.71. The Hall–Kier alpha value is -2.17. The van der Waals surface area contributed by atoms with Gasteiger partial charge in [0.2, 0.25) is 0 Å². The molecule has 1 heterocycles. The average molecular weight is 247 g/mol. The minimum Gasteiger partial charge on any atom is -0.493 e. The van der Waals surface area contributed by atoms with Crippen LogP contribution in [0.4, 0.5) is 5.69 Å².